The van der Waals surface area contributed by atoms with Crippen LogP contribution in [-0.4, -0.2) is 18.2 Å². The lowest BCUT2D eigenvalue weighted by Gasteiger charge is -2.26. The maximum Gasteiger partial charge on any atom is 0.407 e. The zero-order valence-corrected chi connectivity index (χ0v) is 12.8. The molecule has 1 aliphatic rings. The van der Waals surface area contributed by atoms with Crippen molar-refractivity contribution in [3.63, 3.8) is 0 Å². The van der Waals surface area contributed by atoms with Gasteiger partial charge in [-0.15, -0.1) is 0 Å². The second kappa shape index (κ2) is 5.64. The average Bonchev–Trinajstić information content (AvgIpc) is 3.15. The molecule has 2 rings (SSSR count). The van der Waals surface area contributed by atoms with Crippen molar-refractivity contribution in [3.8, 4) is 0 Å². The monoisotopic (exact) mass is 294 g/mol. The number of amides is 1. The molecule has 0 spiro atoms. The number of carbonyl (C=O) groups is 1. The Kier molecular flexibility index (Phi) is 4.23. The molecule has 1 atom stereocenters. The van der Waals surface area contributed by atoms with Crippen LogP contribution in [0.1, 0.15) is 45.2 Å². The summed E-state index contributed by atoms with van der Waals surface area (Å²) >= 11 is 0. The number of ether oxygens (including phenoxy) is 1. The largest absolute Gasteiger partial charge is 0.444 e. The second-order valence-electron chi connectivity index (χ2n) is 6.72. The van der Waals surface area contributed by atoms with Crippen molar-refractivity contribution in [1.29, 1.82) is 0 Å². The number of carbonyl (C=O) groups excluding carboxylic acids is 1. The van der Waals surface area contributed by atoms with Crippen LogP contribution in [0.2, 0.25) is 0 Å². The highest BCUT2D eigenvalue weighted by Gasteiger charge is 2.49. The number of nitrogens with one attached hydrogen (secondary N) is 1. The summed E-state index contributed by atoms with van der Waals surface area (Å²) in [5.74, 6) is -0.298. The molecule has 1 unspecified atom stereocenters. The lowest BCUT2D eigenvalue weighted by atomic mass is 9.90. The summed E-state index contributed by atoms with van der Waals surface area (Å²) in [6.07, 6.45) is 1.28. The maximum absolute atomic E-state index is 13.8. The van der Waals surface area contributed by atoms with E-state index in [1.165, 1.54) is 6.07 Å². The van der Waals surface area contributed by atoms with Gasteiger partial charge in [0.1, 0.15) is 11.4 Å². The summed E-state index contributed by atoms with van der Waals surface area (Å²) < 4.78 is 19.0. The van der Waals surface area contributed by atoms with Crippen LogP contribution in [0.4, 0.5) is 9.18 Å². The predicted octanol–water partition coefficient (Wildman–Crippen LogP) is 3.13. The van der Waals surface area contributed by atoms with Crippen LogP contribution in [0.25, 0.3) is 0 Å². The molecule has 1 aromatic carbocycles. The van der Waals surface area contributed by atoms with E-state index in [0.717, 1.165) is 12.8 Å². The number of hydrogen-bond acceptors (Lipinski definition) is 3. The Labute approximate surface area is 124 Å². The Morgan fingerprint density at radius 2 is 2.05 bits per heavy atom. The highest BCUT2D eigenvalue weighted by Crippen LogP contribution is 2.53. The summed E-state index contributed by atoms with van der Waals surface area (Å²) in [7, 11) is 0. The molecule has 21 heavy (non-hydrogen) atoms. The molecule has 3 N–H and O–H groups in total. The van der Waals surface area contributed by atoms with Crippen molar-refractivity contribution in [2.75, 3.05) is 6.54 Å². The first-order chi connectivity index (χ1) is 9.73. The van der Waals surface area contributed by atoms with Gasteiger partial charge in [0.25, 0.3) is 0 Å². The minimum absolute atomic E-state index is 0.265. The zero-order valence-electron chi connectivity index (χ0n) is 12.8. The van der Waals surface area contributed by atoms with E-state index in [9.17, 15) is 9.18 Å². The third-order valence-corrected chi connectivity index (χ3v) is 3.78. The molecule has 1 amide bonds. The fourth-order valence-electron chi connectivity index (χ4n) is 2.38. The van der Waals surface area contributed by atoms with E-state index >= 15 is 0 Å². The SMILES string of the molecule is CC(C)(C)OC(=O)NCC1(C(N)c2ccccc2F)CC1. The van der Waals surface area contributed by atoms with Gasteiger partial charge in [-0.3, -0.25) is 0 Å². The van der Waals surface area contributed by atoms with Gasteiger partial charge in [-0.2, -0.15) is 0 Å². The maximum atomic E-state index is 13.8. The number of nitrogens with two attached hydrogens (primary N) is 1. The van der Waals surface area contributed by atoms with E-state index in [2.05, 4.69) is 5.32 Å². The first-order valence-electron chi connectivity index (χ1n) is 7.20. The van der Waals surface area contributed by atoms with Crippen molar-refractivity contribution in [1.82, 2.24) is 5.32 Å². The minimum atomic E-state index is -0.533. The molecule has 0 heterocycles. The summed E-state index contributed by atoms with van der Waals surface area (Å²) in [5.41, 5.74) is 5.92. The van der Waals surface area contributed by atoms with E-state index in [-0.39, 0.29) is 11.2 Å². The summed E-state index contributed by atoms with van der Waals surface area (Å²) in [6, 6.07) is 6.11. The Hall–Kier alpha value is -1.62. The Morgan fingerprint density at radius 1 is 1.43 bits per heavy atom. The number of benzene rings is 1. The van der Waals surface area contributed by atoms with Crippen LogP contribution in [0.15, 0.2) is 24.3 Å². The molecule has 1 aliphatic carbocycles. The van der Waals surface area contributed by atoms with Gasteiger partial charge >= 0.3 is 6.09 Å². The van der Waals surface area contributed by atoms with Gasteiger partial charge in [-0.05, 0) is 39.7 Å². The topological polar surface area (TPSA) is 64.3 Å². The molecule has 0 saturated heterocycles. The van der Waals surface area contributed by atoms with Gasteiger partial charge in [0, 0.05) is 23.6 Å². The highest BCUT2D eigenvalue weighted by molar-refractivity contribution is 5.67. The molecule has 1 saturated carbocycles. The minimum Gasteiger partial charge on any atom is -0.444 e. The highest BCUT2D eigenvalue weighted by atomic mass is 19.1. The standard InChI is InChI=1S/C16H23FN2O2/c1-15(2,3)21-14(20)19-10-16(8-9-16)13(18)11-6-4-5-7-12(11)17/h4-7,13H,8-10,18H2,1-3H3,(H,19,20). The third-order valence-electron chi connectivity index (χ3n) is 3.78. The first-order valence-corrected chi connectivity index (χ1v) is 7.20. The van der Waals surface area contributed by atoms with Gasteiger partial charge in [-0.1, -0.05) is 18.2 Å². The summed E-state index contributed by atoms with van der Waals surface area (Å²) in [4.78, 5) is 11.7. The Morgan fingerprint density at radius 3 is 2.57 bits per heavy atom. The van der Waals surface area contributed by atoms with Gasteiger partial charge in [0.2, 0.25) is 0 Å². The molecular weight excluding hydrogens is 271 g/mol. The molecule has 0 bridgehead atoms. The zero-order chi connectivity index (χ0) is 15.7. The summed E-state index contributed by atoms with van der Waals surface area (Å²) in [6.45, 7) is 5.83. The molecule has 1 fully saturated rings. The van der Waals surface area contributed by atoms with E-state index in [1.54, 1.807) is 18.2 Å². The van der Waals surface area contributed by atoms with Crippen molar-refractivity contribution < 1.29 is 13.9 Å². The van der Waals surface area contributed by atoms with Crippen LogP contribution in [0.3, 0.4) is 0 Å². The van der Waals surface area contributed by atoms with Crippen LogP contribution in [0.5, 0.6) is 0 Å². The van der Waals surface area contributed by atoms with Crippen molar-refractivity contribution in [2.45, 2.75) is 45.3 Å². The van der Waals surface area contributed by atoms with Gasteiger partial charge in [-0.25, -0.2) is 9.18 Å². The van der Waals surface area contributed by atoms with E-state index < -0.39 is 17.7 Å². The number of rotatable bonds is 4. The molecular formula is C16H23FN2O2. The predicted molar refractivity (Wildman–Crippen MR) is 79.2 cm³/mol. The fourth-order valence-corrected chi connectivity index (χ4v) is 2.38. The summed E-state index contributed by atoms with van der Waals surface area (Å²) in [5, 5.41) is 2.75. The lowest BCUT2D eigenvalue weighted by molar-refractivity contribution is 0.0513. The smallest absolute Gasteiger partial charge is 0.407 e. The quantitative estimate of drug-likeness (QED) is 0.896. The Bertz CT molecular complexity index is 521. The van der Waals surface area contributed by atoms with Gasteiger partial charge < -0.3 is 15.8 Å². The van der Waals surface area contributed by atoms with E-state index in [4.69, 9.17) is 10.5 Å². The molecule has 0 aliphatic heterocycles. The third kappa shape index (κ3) is 3.94. The molecule has 0 radical (unpaired) electrons. The van der Waals surface area contributed by atoms with Crippen LogP contribution in [0, 0.1) is 11.2 Å². The Balaban J connectivity index is 1.97. The molecule has 5 heteroatoms. The molecule has 4 nitrogen and oxygen atoms in total. The van der Waals surface area contributed by atoms with Crippen molar-refractivity contribution in [3.05, 3.63) is 35.6 Å². The fraction of sp³-hybridized carbons (Fsp3) is 0.562. The number of hydrogen-bond donors (Lipinski definition) is 2. The van der Waals surface area contributed by atoms with Crippen LogP contribution >= 0.6 is 0 Å². The number of alkyl carbamates (subject to hydrolysis) is 1. The van der Waals surface area contributed by atoms with E-state index in [0.29, 0.717) is 12.1 Å². The first kappa shape index (κ1) is 15.8. The normalized spacial score (nSPS) is 18.0. The van der Waals surface area contributed by atoms with Crippen LogP contribution in [-0.2, 0) is 4.74 Å². The average molecular weight is 294 g/mol. The van der Waals surface area contributed by atoms with Gasteiger partial charge in [0.15, 0.2) is 0 Å². The van der Waals surface area contributed by atoms with Gasteiger partial charge in [0.05, 0.1) is 0 Å². The van der Waals surface area contributed by atoms with Crippen molar-refractivity contribution >= 4 is 6.09 Å². The molecule has 1 aromatic rings. The molecule has 116 valence electrons. The lowest BCUT2D eigenvalue weighted by Crippen LogP contribution is -2.39. The molecule has 0 aromatic heterocycles. The second-order valence-corrected chi connectivity index (χ2v) is 6.72. The van der Waals surface area contributed by atoms with E-state index in [1.807, 2.05) is 20.8 Å². The van der Waals surface area contributed by atoms with Crippen molar-refractivity contribution in [2.24, 2.45) is 11.1 Å². The van der Waals surface area contributed by atoms with Crippen LogP contribution < -0.4 is 11.1 Å². The number of halogens is 1.